The Morgan fingerprint density at radius 1 is 0.704 bits per heavy atom. The highest BCUT2D eigenvalue weighted by molar-refractivity contribution is 6.22. The minimum absolute atomic E-state index is 0.0874. The van der Waals surface area contributed by atoms with Gasteiger partial charge in [-0.25, -0.2) is 0 Å². The number of carbonyl (C=O) groups is 2. The molecule has 0 fully saturated rings. The van der Waals surface area contributed by atoms with Crippen LogP contribution in [-0.4, -0.2) is 16.7 Å². The smallest absolute Gasteiger partial charge is 0.290 e. The molecule has 0 aliphatic carbocycles. The lowest BCUT2D eigenvalue weighted by Crippen LogP contribution is -2.48. The summed E-state index contributed by atoms with van der Waals surface area (Å²) in [5, 5.41) is 10.2. The summed E-state index contributed by atoms with van der Waals surface area (Å²) in [7, 11) is 0. The first-order valence-electron chi connectivity index (χ1n) is 8.14. The number of rotatable bonds is 7. The first-order chi connectivity index (χ1) is 13.1. The highest BCUT2D eigenvalue weighted by Gasteiger charge is 2.52. The molecule has 0 atom stereocenters. The molecule has 0 amide bonds. The zero-order valence-corrected chi connectivity index (χ0v) is 14.1. The van der Waals surface area contributed by atoms with Crippen LogP contribution in [0.15, 0.2) is 91.0 Å². The van der Waals surface area contributed by atoms with E-state index in [1.54, 1.807) is 54.6 Å². The van der Waals surface area contributed by atoms with E-state index in [1.165, 1.54) is 36.4 Å². The van der Waals surface area contributed by atoms with Crippen LogP contribution in [0, 0.1) is 10.1 Å². The highest BCUT2D eigenvalue weighted by Crippen LogP contribution is 2.34. The van der Waals surface area contributed by atoms with Gasteiger partial charge in [0.2, 0.25) is 11.6 Å². The minimum Gasteiger partial charge on any atom is -0.290 e. The van der Waals surface area contributed by atoms with E-state index in [2.05, 4.69) is 0 Å². The third-order valence-electron chi connectivity index (χ3n) is 4.10. The molecule has 0 saturated carbocycles. The lowest BCUT2D eigenvalue weighted by molar-refractivity contribution is -0.773. The van der Waals surface area contributed by atoms with Crippen LogP contribution in [0.4, 0.5) is 0 Å². The minimum atomic E-state index is -2.44. The van der Waals surface area contributed by atoms with Gasteiger partial charge < -0.3 is 0 Å². The second-order valence-corrected chi connectivity index (χ2v) is 5.75. The van der Waals surface area contributed by atoms with Crippen LogP contribution in [0.2, 0.25) is 0 Å². The Kier molecular flexibility index (Phi) is 5.08. The van der Waals surface area contributed by atoms with Crippen molar-refractivity contribution < 1.29 is 19.5 Å². The second-order valence-electron chi connectivity index (χ2n) is 5.75. The van der Waals surface area contributed by atoms with E-state index in [0.717, 1.165) is 0 Å². The Labute approximate surface area is 155 Å². The number of hydrogen-bond acceptors (Lipinski definition) is 5. The van der Waals surface area contributed by atoms with E-state index in [0.29, 0.717) is 0 Å². The van der Waals surface area contributed by atoms with Gasteiger partial charge in [-0.15, -0.1) is 10.1 Å². The van der Waals surface area contributed by atoms with E-state index in [9.17, 15) is 19.7 Å². The van der Waals surface area contributed by atoms with Crippen LogP contribution < -0.4 is 0 Å². The molecule has 0 heterocycles. The molecule has 3 aromatic rings. The summed E-state index contributed by atoms with van der Waals surface area (Å²) >= 11 is 0. The maximum atomic E-state index is 13.4. The summed E-state index contributed by atoms with van der Waals surface area (Å²) in [6, 6.07) is 23.6. The van der Waals surface area contributed by atoms with Gasteiger partial charge in [-0.05, 0) is 5.56 Å². The van der Waals surface area contributed by atoms with Crippen molar-refractivity contribution in [1.29, 1.82) is 0 Å². The molecular formula is C21H15NO5. The maximum absolute atomic E-state index is 13.4. The van der Waals surface area contributed by atoms with Crippen molar-refractivity contribution in [1.82, 2.24) is 0 Å². The molecule has 0 spiro atoms. The summed E-state index contributed by atoms with van der Waals surface area (Å²) in [5.74, 6) is -1.61. The molecule has 3 aromatic carbocycles. The molecular weight excluding hydrogens is 346 g/mol. The summed E-state index contributed by atoms with van der Waals surface area (Å²) < 4.78 is 0. The van der Waals surface area contributed by atoms with Crippen LogP contribution in [-0.2, 0) is 10.4 Å². The zero-order chi connectivity index (χ0) is 19.3. The van der Waals surface area contributed by atoms with Gasteiger partial charge in [-0.3, -0.25) is 14.4 Å². The molecule has 0 aliphatic heterocycles. The van der Waals surface area contributed by atoms with Crippen LogP contribution in [0.1, 0.15) is 26.3 Å². The Morgan fingerprint density at radius 2 is 1.07 bits per heavy atom. The van der Waals surface area contributed by atoms with Crippen LogP contribution in [0.25, 0.3) is 0 Å². The van der Waals surface area contributed by atoms with Gasteiger partial charge >= 0.3 is 0 Å². The Bertz CT molecular complexity index is 904. The topological polar surface area (TPSA) is 86.5 Å². The number of Topliss-reactive ketones (excluding diaryl/α,β-unsaturated/α-hetero) is 2. The van der Waals surface area contributed by atoms with Crippen LogP contribution in [0.3, 0.4) is 0 Å². The maximum Gasteiger partial charge on any atom is 0.296 e. The number of hydrogen-bond donors (Lipinski definition) is 0. The van der Waals surface area contributed by atoms with E-state index < -0.39 is 22.3 Å². The van der Waals surface area contributed by atoms with Crippen LogP contribution >= 0.6 is 0 Å². The third kappa shape index (κ3) is 3.46. The quantitative estimate of drug-likeness (QED) is 0.276. The van der Waals surface area contributed by atoms with Gasteiger partial charge in [0.25, 0.3) is 10.7 Å². The fraction of sp³-hybridized carbons (Fsp3) is 0.0476. The van der Waals surface area contributed by atoms with Crippen molar-refractivity contribution in [3.8, 4) is 0 Å². The van der Waals surface area contributed by atoms with Crippen molar-refractivity contribution >= 4 is 11.6 Å². The summed E-state index contributed by atoms with van der Waals surface area (Å²) in [6.45, 7) is 0. The summed E-state index contributed by atoms with van der Waals surface area (Å²) in [6.07, 6.45) is 0. The number of benzene rings is 3. The van der Waals surface area contributed by atoms with Gasteiger partial charge in [0, 0.05) is 11.1 Å². The van der Waals surface area contributed by atoms with E-state index >= 15 is 0 Å². The largest absolute Gasteiger partial charge is 0.296 e. The van der Waals surface area contributed by atoms with Gasteiger partial charge in [-0.2, -0.15) is 0 Å². The molecule has 0 N–H and O–H groups in total. The Balaban J connectivity index is 2.27. The lowest BCUT2D eigenvalue weighted by atomic mass is 9.80. The van der Waals surface area contributed by atoms with Crippen molar-refractivity contribution in [2.75, 3.05) is 0 Å². The van der Waals surface area contributed by atoms with Gasteiger partial charge in [0.1, 0.15) is 0 Å². The fourth-order valence-corrected chi connectivity index (χ4v) is 2.87. The first-order valence-corrected chi connectivity index (χ1v) is 8.14. The molecule has 134 valence electrons. The summed E-state index contributed by atoms with van der Waals surface area (Å²) in [5.41, 5.74) is -2.09. The second kappa shape index (κ2) is 7.61. The van der Waals surface area contributed by atoms with E-state index in [1.807, 2.05) is 0 Å². The molecule has 3 rings (SSSR count). The van der Waals surface area contributed by atoms with Crippen molar-refractivity contribution in [2.45, 2.75) is 5.60 Å². The van der Waals surface area contributed by atoms with Crippen molar-refractivity contribution in [3.05, 3.63) is 118 Å². The fourth-order valence-electron chi connectivity index (χ4n) is 2.87. The first kappa shape index (κ1) is 18.0. The average Bonchev–Trinajstić information content (AvgIpc) is 2.73. The van der Waals surface area contributed by atoms with Gasteiger partial charge in [-0.1, -0.05) is 91.0 Å². The zero-order valence-electron chi connectivity index (χ0n) is 14.1. The summed E-state index contributed by atoms with van der Waals surface area (Å²) in [4.78, 5) is 43.0. The third-order valence-corrected chi connectivity index (χ3v) is 4.10. The normalized spacial score (nSPS) is 10.8. The van der Waals surface area contributed by atoms with Crippen molar-refractivity contribution in [3.63, 3.8) is 0 Å². The predicted molar refractivity (Wildman–Crippen MR) is 97.7 cm³/mol. The Hall–Kier alpha value is -3.80. The average molecular weight is 361 g/mol. The van der Waals surface area contributed by atoms with E-state index in [-0.39, 0.29) is 16.7 Å². The monoisotopic (exact) mass is 361 g/mol. The number of ketones is 2. The van der Waals surface area contributed by atoms with E-state index in [4.69, 9.17) is 4.84 Å². The van der Waals surface area contributed by atoms with Gasteiger partial charge in [0.15, 0.2) is 0 Å². The molecule has 27 heavy (non-hydrogen) atoms. The molecule has 0 radical (unpaired) electrons. The molecule has 0 aliphatic rings. The van der Waals surface area contributed by atoms with Gasteiger partial charge in [0.05, 0.1) is 0 Å². The highest BCUT2D eigenvalue weighted by atomic mass is 17.0. The molecule has 0 bridgehead atoms. The van der Waals surface area contributed by atoms with Crippen LogP contribution in [0.5, 0.6) is 0 Å². The molecule has 0 aromatic heterocycles. The molecule has 6 heteroatoms. The molecule has 0 saturated heterocycles. The number of nitrogens with zero attached hydrogens (tertiary/aromatic N) is 1. The standard InChI is InChI=1S/C21H15NO5/c23-19(16-10-4-1-5-11-16)21(27-22(25)26,18-14-8-3-9-15-18)20(24)17-12-6-2-7-13-17/h1-15H. The molecule has 6 nitrogen and oxygen atoms in total. The predicted octanol–water partition coefficient (Wildman–Crippen LogP) is 3.86. The van der Waals surface area contributed by atoms with Crippen molar-refractivity contribution in [2.24, 2.45) is 0 Å². The molecule has 0 unspecified atom stereocenters. The SMILES string of the molecule is O=C(c1ccccc1)C(O[N+](=O)[O-])(C(=O)c1ccccc1)c1ccccc1. The number of carbonyl (C=O) groups excluding carboxylic acids is 2. The Morgan fingerprint density at radius 3 is 1.44 bits per heavy atom. The lowest BCUT2D eigenvalue weighted by Gasteiger charge is -2.29.